The molecule has 0 aliphatic carbocycles. The smallest absolute Gasteiger partial charge is 0.166 e. The average Bonchev–Trinajstić information content (AvgIpc) is 2.45. The van der Waals surface area contributed by atoms with Crippen molar-refractivity contribution >= 4 is 7.85 Å². The van der Waals surface area contributed by atoms with Gasteiger partial charge in [0.15, 0.2) is 0 Å². The van der Waals surface area contributed by atoms with Gasteiger partial charge in [-0.1, -0.05) is 34.1 Å². The van der Waals surface area contributed by atoms with Gasteiger partial charge < -0.3 is 0 Å². The van der Waals surface area contributed by atoms with Crippen LogP contribution in [0.15, 0.2) is 12.1 Å². The Morgan fingerprint density at radius 1 is 0.760 bits per heavy atom. The summed E-state index contributed by atoms with van der Waals surface area (Å²) in [6.07, 6.45) is -17.1. The van der Waals surface area contributed by atoms with Crippen molar-refractivity contribution in [3.05, 3.63) is 34.4 Å². The maximum absolute atomic E-state index is 12.9. The fourth-order valence-corrected chi connectivity index (χ4v) is 1.93. The molecule has 0 heterocycles. The molecule has 1 atom stereocenters. The minimum Gasteiger partial charge on any atom is -0.166 e. The highest BCUT2D eigenvalue weighted by Gasteiger charge is 2.50. The Morgan fingerprint density at radius 2 is 1.08 bits per heavy atom. The number of benzene rings is 1. The van der Waals surface area contributed by atoms with E-state index < -0.39 is 46.1 Å². The van der Waals surface area contributed by atoms with Gasteiger partial charge in [-0.25, -0.2) is 0 Å². The molecule has 0 spiro atoms. The van der Waals surface area contributed by atoms with E-state index in [9.17, 15) is 39.5 Å². The molecule has 0 aliphatic heterocycles. The molecule has 142 valence electrons. The van der Waals surface area contributed by atoms with Crippen molar-refractivity contribution < 1.29 is 39.5 Å². The normalized spacial score (nSPS) is 15.2. The molecular formula is C15H16BF9. The van der Waals surface area contributed by atoms with Crippen LogP contribution in [-0.4, -0.2) is 7.85 Å². The van der Waals surface area contributed by atoms with E-state index in [1.165, 1.54) is 6.92 Å². The molecule has 1 unspecified atom stereocenters. The lowest BCUT2D eigenvalue weighted by Crippen LogP contribution is -2.27. The quantitative estimate of drug-likeness (QED) is 0.404. The van der Waals surface area contributed by atoms with Gasteiger partial charge in [-0.15, -0.1) is 0 Å². The Kier molecular flexibility index (Phi) is 7.09. The van der Waals surface area contributed by atoms with Crippen LogP contribution in [0.1, 0.15) is 56.4 Å². The van der Waals surface area contributed by atoms with E-state index >= 15 is 0 Å². The van der Waals surface area contributed by atoms with Crippen molar-refractivity contribution in [2.24, 2.45) is 0 Å². The average molecular weight is 378 g/mol. The zero-order valence-corrected chi connectivity index (χ0v) is 13.8. The summed E-state index contributed by atoms with van der Waals surface area (Å²) in [4.78, 5) is 0. The van der Waals surface area contributed by atoms with E-state index in [-0.39, 0.29) is 18.6 Å². The molecule has 25 heavy (non-hydrogen) atoms. The minimum absolute atomic E-state index is 0.0293. The fraction of sp³-hybridized carbons (Fsp3) is 0.600. The molecule has 0 N–H and O–H groups in total. The molecule has 0 saturated heterocycles. The Labute approximate surface area is 140 Å². The van der Waals surface area contributed by atoms with Gasteiger partial charge in [-0.3, -0.25) is 0 Å². The van der Waals surface area contributed by atoms with Crippen LogP contribution < -0.4 is 0 Å². The van der Waals surface area contributed by atoms with E-state index in [1.807, 2.05) is 13.8 Å². The van der Waals surface area contributed by atoms with Gasteiger partial charge >= 0.3 is 18.5 Å². The van der Waals surface area contributed by atoms with Crippen LogP contribution in [0.25, 0.3) is 0 Å². The standard InChI is InChI=1S/C13H10BF9.C2H6/c1-3-10(2,14)6-4-7(11(15,16)17)9(13(21,22)23)8(5-6)12(18,19)20;1-2/h4-5H,3H2,1-2H3;1-2H3. The molecule has 0 fully saturated rings. The second kappa shape index (κ2) is 7.49. The van der Waals surface area contributed by atoms with Crippen molar-refractivity contribution in [1.29, 1.82) is 0 Å². The molecule has 1 rings (SSSR count). The molecule has 0 saturated carbocycles. The maximum Gasteiger partial charge on any atom is 0.417 e. The number of hydrogen-bond donors (Lipinski definition) is 0. The first-order valence-corrected chi connectivity index (χ1v) is 7.20. The van der Waals surface area contributed by atoms with Crippen molar-refractivity contribution in [3.63, 3.8) is 0 Å². The molecule has 0 aliphatic rings. The lowest BCUT2D eigenvalue weighted by molar-refractivity contribution is -0.174. The first-order chi connectivity index (χ1) is 11.0. The van der Waals surface area contributed by atoms with Crippen molar-refractivity contribution in [2.75, 3.05) is 0 Å². The summed E-state index contributed by atoms with van der Waals surface area (Å²) < 4.78 is 116. The van der Waals surface area contributed by atoms with Crippen LogP contribution in [0.4, 0.5) is 39.5 Å². The highest BCUT2D eigenvalue weighted by Crippen LogP contribution is 2.48. The molecule has 0 amide bonds. The van der Waals surface area contributed by atoms with Gasteiger partial charge in [-0.2, -0.15) is 39.5 Å². The van der Waals surface area contributed by atoms with Crippen LogP contribution >= 0.6 is 0 Å². The second-order valence-electron chi connectivity index (χ2n) is 5.21. The van der Waals surface area contributed by atoms with Gasteiger partial charge in [0.05, 0.1) is 24.5 Å². The molecular weight excluding hydrogens is 362 g/mol. The van der Waals surface area contributed by atoms with Crippen LogP contribution in [0.3, 0.4) is 0 Å². The van der Waals surface area contributed by atoms with E-state index in [1.54, 1.807) is 0 Å². The molecule has 0 aromatic heterocycles. The highest BCUT2D eigenvalue weighted by atomic mass is 19.4. The zero-order chi connectivity index (χ0) is 20.4. The topological polar surface area (TPSA) is 0 Å². The van der Waals surface area contributed by atoms with Crippen molar-refractivity contribution in [1.82, 2.24) is 0 Å². The SMILES string of the molecule is CC.[B]C(C)(CC)c1cc(C(F)(F)F)c(C(F)(F)F)c(C(F)(F)F)c1. The number of rotatable bonds is 2. The Bertz CT molecular complexity index is 545. The maximum atomic E-state index is 12.9. The lowest BCUT2D eigenvalue weighted by Gasteiger charge is -2.28. The Hall–Kier alpha value is -1.35. The van der Waals surface area contributed by atoms with Gasteiger partial charge in [0.1, 0.15) is 0 Å². The monoisotopic (exact) mass is 378 g/mol. The first-order valence-electron chi connectivity index (χ1n) is 7.20. The lowest BCUT2D eigenvalue weighted by atomic mass is 9.63. The molecule has 0 nitrogen and oxygen atoms in total. The third kappa shape index (κ3) is 5.57. The summed E-state index contributed by atoms with van der Waals surface area (Å²) in [5, 5.41) is -1.65. The van der Waals surface area contributed by atoms with Gasteiger partial charge in [0.2, 0.25) is 0 Å². The van der Waals surface area contributed by atoms with Gasteiger partial charge in [-0.05, 0) is 23.0 Å². The van der Waals surface area contributed by atoms with E-state index in [0.29, 0.717) is 0 Å². The van der Waals surface area contributed by atoms with Crippen LogP contribution in [0.5, 0.6) is 0 Å². The number of alkyl halides is 9. The van der Waals surface area contributed by atoms with E-state index in [0.717, 1.165) is 6.92 Å². The summed E-state index contributed by atoms with van der Waals surface area (Å²) in [6.45, 7) is 6.52. The third-order valence-corrected chi connectivity index (χ3v) is 3.43. The van der Waals surface area contributed by atoms with Crippen molar-refractivity contribution in [2.45, 2.75) is 58.0 Å². The Morgan fingerprint density at radius 3 is 1.28 bits per heavy atom. The minimum atomic E-state index is -5.83. The molecule has 1 aromatic carbocycles. The molecule has 10 heteroatoms. The van der Waals surface area contributed by atoms with Crippen molar-refractivity contribution in [3.8, 4) is 0 Å². The molecule has 0 bridgehead atoms. The van der Waals surface area contributed by atoms with E-state index in [2.05, 4.69) is 0 Å². The number of halogens is 9. The predicted octanol–water partition coefficient (Wildman–Crippen LogP) is 6.56. The zero-order valence-electron chi connectivity index (χ0n) is 13.8. The fourth-order valence-electron chi connectivity index (χ4n) is 1.93. The Balaban J connectivity index is 0.00000277. The van der Waals surface area contributed by atoms with Crippen LogP contribution in [0.2, 0.25) is 0 Å². The van der Waals surface area contributed by atoms with Gasteiger partial charge in [0.25, 0.3) is 0 Å². The number of hydrogen-bond acceptors (Lipinski definition) is 0. The first kappa shape index (κ1) is 23.7. The molecule has 2 radical (unpaired) electrons. The van der Waals surface area contributed by atoms with Crippen LogP contribution in [0, 0.1) is 0 Å². The summed E-state index contributed by atoms with van der Waals surface area (Å²) in [5.74, 6) is 0. The predicted molar refractivity (Wildman–Crippen MR) is 76.2 cm³/mol. The van der Waals surface area contributed by atoms with Crippen LogP contribution in [-0.2, 0) is 23.8 Å². The highest BCUT2D eigenvalue weighted by molar-refractivity contribution is 6.15. The summed E-state index contributed by atoms with van der Waals surface area (Å²) in [5.41, 5.74) is -8.24. The molecule has 1 aromatic rings. The summed E-state index contributed by atoms with van der Waals surface area (Å²) in [6, 6.07) is 0.0587. The third-order valence-electron chi connectivity index (χ3n) is 3.43. The summed E-state index contributed by atoms with van der Waals surface area (Å²) in [7, 11) is 5.60. The summed E-state index contributed by atoms with van der Waals surface area (Å²) >= 11 is 0. The van der Waals surface area contributed by atoms with Gasteiger partial charge in [0, 0.05) is 0 Å². The second-order valence-corrected chi connectivity index (χ2v) is 5.21. The van der Waals surface area contributed by atoms with E-state index in [4.69, 9.17) is 7.85 Å². The largest absolute Gasteiger partial charge is 0.417 e.